The van der Waals surface area contributed by atoms with Gasteiger partial charge < -0.3 is 15.2 Å². The van der Waals surface area contributed by atoms with E-state index in [1.165, 1.54) is 0 Å². The molecule has 5 heteroatoms. The summed E-state index contributed by atoms with van der Waals surface area (Å²) in [5.74, 6) is 0.949. The highest BCUT2D eigenvalue weighted by molar-refractivity contribution is 5.78. The molecule has 0 aromatic heterocycles. The number of methoxy groups -OCH3 is 1. The Bertz CT molecular complexity index is 856. The smallest absolute Gasteiger partial charge is 0.234 e. The van der Waals surface area contributed by atoms with Crippen LogP contribution in [0.4, 0.5) is 0 Å². The third kappa shape index (κ3) is 4.37. The van der Waals surface area contributed by atoms with E-state index in [0.29, 0.717) is 19.6 Å². The highest BCUT2D eigenvalue weighted by atomic mass is 16.5. The fourth-order valence-electron chi connectivity index (χ4n) is 5.28. The molecule has 0 radical (unpaired) electrons. The molecule has 0 spiro atoms. The maximum atomic E-state index is 12.8. The number of piperidine rings is 1. The predicted molar refractivity (Wildman–Crippen MR) is 117 cm³/mol. The first-order valence-electron chi connectivity index (χ1n) is 11.0. The second-order valence-corrected chi connectivity index (χ2v) is 8.63. The van der Waals surface area contributed by atoms with Crippen molar-refractivity contribution in [3.63, 3.8) is 0 Å². The summed E-state index contributed by atoms with van der Waals surface area (Å²) in [6.07, 6.45) is 4.73. The molecule has 1 heterocycles. The molecule has 1 saturated carbocycles. The topological polar surface area (TPSA) is 61.8 Å². The van der Waals surface area contributed by atoms with E-state index in [-0.39, 0.29) is 17.9 Å². The van der Waals surface area contributed by atoms with Crippen LogP contribution in [0.15, 0.2) is 54.6 Å². The van der Waals surface area contributed by atoms with Crippen LogP contribution in [0, 0.1) is 5.92 Å². The number of carbonyl (C=O) groups is 1. The van der Waals surface area contributed by atoms with E-state index in [2.05, 4.69) is 16.3 Å². The summed E-state index contributed by atoms with van der Waals surface area (Å²) in [6, 6.07) is 18.0. The summed E-state index contributed by atoms with van der Waals surface area (Å²) in [6.45, 7) is 1.55. The average molecular weight is 409 g/mol. The number of hydrogen-bond acceptors (Lipinski definition) is 4. The van der Waals surface area contributed by atoms with Gasteiger partial charge in [0.15, 0.2) is 0 Å². The zero-order chi connectivity index (χ0) is 21.0. The Morgan fingerprint density at radius 3 is 2.70 bits per heavy atom. The van der Waals surface area contributed by atoms with Gasteiger partial charge in [0.2, 0.25) is 5.91 Å². The zero-order valence-electron chi connectivity index (χ0n) is 17.7. The molecule has 30 heavy (non-hydrogen) atoms. The second kappa shape index (κ2) is 9.19. The van der Waals surface area contributed by atoms with Crippen LogP contribution in [-0.4, -0.2) is 41.7 Å². The summed E-state index contributed by atoms with van der Waals surface area (Å²) in [7, 11) is 1.69. The van der Waals surface area contributed by atoms with Gasteiger partial charge in [0.1, 0.15) is 5.75 Å². The lowest BCUT2D eigenvalue weighted by Gasteiger charge is -2.52. The SMILES string of the molecule is COc1ccccc1[C@H]1[C@H]2CCCC[C@@]2(O)CCN1CC(=O)NCc1ccccc1. The number of ether oxygens (including phenoxy) is 1. The van der Waals surface area contributed by atoms with Crippen LogP contribution < -0.4 is 10.1 Å². The molecule has 0 bridgehead atoms. The quantitative estimate of drug-likeness (QED) is 0.765. The van der Waals surface area contributed by atoms with E-state index >= 15 is 0 Å². The first kappa shape index (κ1) is 20.9. The maximum absolute atomic E-state index is 12.8. The summed E-state index contributed by atoms with van der Waals surface area (Å²) in [5.41, 5.74) is 1.51. The Morgan fingerprint density at radius 2 is 1.90 bits per heavy atom. The van der Waals surface area contributed by atoms with Gasteiger partial charge in [-0.2, -0.15) is 0 Å². The molecule has 2 aromatic carbocycles. The summed E-state index contributed by atoms with van der Waals surface area (Å²) in [4.78, 5) is 15.0. The molecular formula is C25H32N2O3. The van der Waals surface area contributed by atoms with Crippen molar-refractivity contribution in [3.8, 4) is 5.75 Å². The second-order valence-electron chi connectivity index (χ2n) is 8.63. The van der Waals surface area contributed by atoms with Crippen molar-refractivity contribution in [3.05, 3.63) is 65.7 Å². The molecule has 2 N–H and O–H groups in total. The van der Waals surface area contributed by atoms with E-state index in [9.17, 15) is 9.90 Å². The van der Waals surface area contributed by atoms with Gasteiger partial charge in [0.25, 0.3) is 0 Å². The highest BCUT2D eigenvalue weighted by Gasteiger charge is 2.49. The fourth-order valence-corrected chi connectivity index (χ4v) is 5.28. The monoisotopic (exact) mass is 408 g/mol. The molecule has 1 amide bonds. The number of fused-ring (bicyclic) bond motifs is 1. The number of para-hydroxylation sites is 1. The molecule has 2 fully saturated rings. The molecule has 160 valence electrons. The minimum atomic E-state index is -0.652. The number of rotatable bonds is 6. The number of likely N-dealkylation sites (tertiary alicyclic amines) is 1. The largest absolute Gasteiger partial charge is 0.496 e. The van der Waals surface area contributed by atoms with Crippen molar-refractivity contribution in [2.45, 2.75) is 50.3 Å². The van der Waals surface area contributed by atoms with Crippen molar-refractivity contribution in [2.75, 3.05) is 20.2 Å². The van der Waals surface area contributed by atoms with Gasteiger partial charge in [0, 0.05) is 30.6 Å². The predicted octanol–water partition coefficient (Wildman–Crippen LogP) is 3.68. The fraction of sp³-hybridized carbons (Fsp3) is 0.480. The van der Waals surface area contributed by atoms with E-state index < -0.39 is 5.60 Å². The van der Waals surface area contributed by atoms with Crippen molar-refractivity contribution in [2.24, 2.45) is 5.92 Å². The van der Waals surface area contributed by atoms with E-state index in [1.54, 1.807) is 7.11 Å². The van der Waals surface area contributed by atoms with E-state index in [4.69, 9.17) is 4.74 Å². The summed E-state index contributed by atoms with van der Waals surface area (Å²) in [5, 5.41) is 14.5. The normalized spacial score (nSPS) is 26.6. The molecule has 2 aromatic rings. The third-order valence-corrected chi connectivity index (χ3v) is 6.81. The molecule has 4 rings (SSSR count). The number of aliphatic hydroxyl groups is 1. The van der Waals surface area contributed by atoms with Crippen LogP contribution in [0.2, 0.25) is 0 Å². The van der Waals surface area contributed by atoms with Gasteiger partial charge in [-0.3, -0.25) is 9.69 Å². The lowest BCUT2D eigenvalue weighted by atomic mass is 9.66. The minimum Gasteiger partial charge on any atom is -0.496 e. The molecule has 0 unspecified atom stereocenters. The van der Waals surface area contributed by atoms with Gasteiger partial charge in [-0.05, 0) is 30.9 Å². The zero-order valence-corrected chi connectivity index (χ0v) is 17.7. The molecule has 1 aliphatic carbocycles. The Balaban J connectivity index is 1.55. The van der Waals surface area contributed by atoms with Gasteiger partial charge in [-0.15, -0.1) is 0 Å². The number of carbonyl (C=O) groups excluding carboxylic acids is 1. The van der Waals surface area contributed by atoms with Crippen molar-refractivity contribution >= 4 is 5.91 Å². The Morgan fingerprint density at radius 1 is 1.13 bits per heavy atom. The average Bonchev–Trinajstić information content (AvgIpc) is 2.78. The number of amides is 1. The van der Waals surface area contributed by atoms with Crippen molar-refractivity contribution in [1.29, 1.82) is 0 Å². The van der Waals surface area contributed by atoms with Crippen LogP contribution >= 0.6 is 0 Å². The van der Waals surface area contributed by atoms with Crippen LogP contribution in [0.25, 0.3) is 0 Å². The molecular weight excluding hydrogens is 376 g/mol. The first-order chi connectivity index (χ1) is 14.6. The van der Waals surface area contributed by atoms with Gasteiger partial charge in [-0.1, -0.05) is 61.4 Å². The van der Waals surface area contributed by atoms with E-state index in [1.807, 2.05) is 48.5 Å². The number of benzene rings is 2. The van der Waals surface area contributed by atoms with Crippen molar-refractivity contribution < 1.29 is 14.6 Å². The maximum Gasteiger partial charge on any atom is 0.234 e. The minimum absolute atomic E-state index is 0.0139. The van der Waals surface area contributed by atoms with Crippen LogP contribution in [0.3, 0.4) is 0 Å². The van der Waals surface area contributed by atoms with Crippen LogP contribution in [0.5, 0.6) is 5.75 Å². The lowest BCUT2D eigenvalue weighted by Crippen LogP contribution is -2.56. The van der Waals surface area contributed by atoms with Gasteiger partial charge >= 0.3 is 0 Å². The Kier molecular flexibility index (Phi) is 6.40. The van der Waals surface area contributed by atoms with E-state index in [0.717, 1.165) is 49.0 Å². The number of nitrogens with one attached hydrogen (secondary N) is 1. The summed E-state index contributed by atoms with van der Waals surface area (Å²) >= 11 is 0. The summed E-state index contributed by atoms with van der Waals surface area (Å²) < 4.78 is 5.66. The first-order valence-corrected chi connectivity index (χ1v) is 11.0. The molecule has 2 aliphatic rings. The van der Waals surface area contributed by atoms with Crippen LogP contribution in [0.1, 0.15) is 49.3 Å². The number of nitrogens with zero attached hydrogens (tertiary/aromatic N) is 1. The lowest BCUT2D eigenvalue weighted by molar-refractivity contribution is -0.138. The standard InChI is InChI=1S/C25H32N2O3/c1-30-22-13-6-5-11-20(22)24-21-12-7-8-14-25(21,29)15-16-27(24)18-23(28)26-17-19-9-3-2-4-10-19/h2-6,9-11,13,21,24,29H,7-8,12,14-18H2,1H3,(H,26,28)/t21-,24+,25-/m1/s1. The molecule has 5 nitrogen and oxygen atoms in total. The third-order valence-electron chi connectivity index (χ3n) is 6.81. The van der Waals surface area contributed by atoms with Gasteiger partial charge in [-0.25, -0.2) is 0 Å². The molecule has 3 atom stereocenters. The van der Waals surface area contributed by atoms with Gasteiger partial charge in [0.05, 0.1) is 19.3 Å². The Labute approximate surface area is 179 Å². The molecule has 1 aliphatic heterocycles. The highest BCUT2D eigenvalue weighted by Crippen LogP contribution is 2.50. The Hall–Kier alpha value is -2.37. The van der Waals surface area contributed by atoms with Crippen LogP contribution in [-0.2, 0) is 11.3 Å². The van der Waals surface area contributed by atoms with Crippen molar-refractivity contribution in [1.82, 2.24) is 10.2 Å². The molecule has 1 saturated heterocycles. The number of hydrogen-bond donors (Lipinski definition) is 2.